The van der Waals surface area contributed by atoms with Crippen molar-refractivity contribution in [3.8, 4) is 6.07 Å². The molecule has 2 saturated heterocycles. The Morgan fingerprint density at radius 1 is 1.11 bits per heavy atom. The van der Waals surface area contributed by atoms with Gasteiger partial charge in [0, 0.05) is 88.3 Å². The van der Waals surface area contributed by atoms with Gasteiger partial charge in [-0.15, -0.1) is 0 Å². The molecular formula is C29H35N7O2. The van der Waals surface area contributed by atoms with Crippen molar-refractivity contribution in [3.63, 3.8) is 0 Å². The van der Waals surface area contributed by atoms with E-state index in [4.69, 9.17) is 9.72 Å². The van der Waals surface area contributed by atoms with E-state index in [0.29, 0.717) is 18.7 Å². The van der Waals surface area contributed by atoms with Gasteiger partial charge in [-0.2, -0.15) is 5.26 Å². The van der Waals surface area contributed by atoms with Crippen molar-refractivity contribution in [1.29, 1.82) is 5.26 Å². The maximum absolute atomic E-state index is 10.9. The SMILES string of the molecule is C[C@@H]1CN(c2ccc(C#N)c3ncccc23)C[C@H](CN2CCN(c3ccc4c(n3)CCNC4)C[C@@H](O)C2)O1. The van der Waals surface area contributed by atoms with E-state index < -0.39 is 6.10 Å². The Balaban J connectivity index is 1.15. The summed E-state index contributed by atoms with van der Waals surface area (Å²) in [5, 5.41) is 24.8. The number of pyridine rings is 2. The van der Waals surface area contributed by atoms with Crippen LogP contribution in [0.15, 0.2) is 42.6 Å². The number of hydrogen-bond donors (Lipinski definition) is 2. The van der Waals surface area contributed by atoms with E-state index >= 15 is 0 Å². The summed E-state index contributed by atoms with van der Waals surface area (Å²) in [5.41, 5.74) is 4.87. The number of benzene rings is 1. The van der Waals surface area contributed by atoms with E-state index in [0.717, 1.165) is 74.6 Å². The van der Waals surface area contributed by atoms with E-state index in [9.17, 15) is 10.4 Å². The van der Waals surface area contributed by atoms with Gasteiger partial charge in [-0.1, -0.05) is 6.07 Å². The third kappa shape index (κ3) is 5.18. The van der Waals surface area contributed by atoms with Crippen LogP contribution in [0.3, 0.4) is 0 Å². The summed E-state index contributed by atoms with van der Waals surface area (Å²) in [7, 11) is 0. The van der Waals surface area contributed by atoms with E-state index in [-0.39, 0.29) is 12.2 Å². The van der Waals surface area contributed by atoms with Crippen molar-refractivity contribution in [2.24, 2.45) is 0 Å². The Morgan fingerprint density at radius 2 is 2.03 bits per heavy atom. The first-order chi connectivity index (χ1) is 18.6. The second kappa shape index (κ2) is 10.8. The molecule has 9 heteroatoms. The summed E-state index contributed by atoms with van der Waals surface area (Å²) in [5.74, 6) is 0.960. The van der Waals surface area contributed by atoms with Gasteiger partial charge < -0.3 is 25.0 Å². The number of nitrogens with one attached hydrogen (secondary N) is 1. The number of nitrogens with zero attached hydrogens (tertiary/aromatic N) is 6. The molecule has 0 saturated carbocycles. The number of rotatable bonds is 4. The summed E-state index contributed by atoms with van der Waals surface area (Å²) >= 11 is 0. The fourth-order valence-corrected chi connectivity index (χ4v) is 6.09. The van der Waals surface area contributed by atoms with Gasteiger partial charge in [-0.25, -0.2) is 4.98 Å². The highest BCUT2D eigenvalue weighted by molar-refractivity contribution is 5.95. The quantitative estimate of drug-likeness (QED) is 0.542. The summed E-state index contributed by atoms with van der Waals surface area (Å²) in [6, 6.07) is 14.4. The van der Waals surface area contributed by atoms with Gasteiger partial charge in [0.1, 0.15) is 11.9 Å². The summed E-state index contributed by atoms with van der Waals surface area (Å²) < 4.78 is 6.38. The van der Waals surface area contributed by atoms with Gasteiger partial charge >= 0.3 is 0 Å². The van der Waals surface area contributed by atoms with Gasteiger partial charge in [0.05, 0.1) is 29.4 Å². The first-order valence-corrected chi connectivity index (χ1v) is 13.6. The molecule has 3 aliphatic rings. The van der Waals surface area contributed by atoms with Crippen LogP contribution in [0.5, 0.6) is 0 Å². The molecule has 0 spiro atoms. The lowest BCUT2D eigenvalue weighted by atomic mass is 10.1. The van der Waals surface area contributed by atoms with E-state index in [1.807, 2.05) is 24.3 Å². The highest BCUT2D eigenvalue weighted by Crippen LogP contribution is 2.30. The Hall–Kier alpha value is -3.29. The third-order valence-corrected chi connectivity index (χ3v) is 7.81. The zero-order chi connectivity index (χ0) is 26.1. The van der Waals surface area contributed by atoms with Gasteiger partial charge in [0.2, 0.25) is 0 Å². The molecule has 5 heterocycles. The highest BCUT2D eigenvalue weighted by Gasteiger charge is 2.30. The molecule has 0 amide bonds. The standard InChI is InChI=1S/C29H35N7O2/c1-20-15-36(27-6-4-21(13-30)29-25(27)3-2-9-32-29)19-24(38-20)18-34-11-12-35(17-23(37)16-34)28-7-5-22-14-31-10-8-26(22)33-28/h2-7,9,20,23-24,31,37H,8,10-12,14-19H2,1H3/t20-,23+,24+/m1/s1. The molecule has 2 N–H and O–H groups in total. The molecule has 2 aromatic heterocycles. The lowest BCUT2D eigenvalue weighted by molar-refractivity contribution is -0.0349. The van der Waals surface area contributed by atoms with Crippen molar-refractivity contribution in [1.82, 2.24) is 20.2 Å². The topological polar surface area (TPSA) is 101 Å². The van der Waals surface area contributed by atoms with Crippen LogP contribution >= 0.6 is 0 Å². The number of fused-ring (bicyclic) bond motifs is 2. The monoisotopic (exact) mass is 513 g/mol. The van der Waals surface area contributed by atoms with E-state index in [2.05, 4.69) is 50.1 Å². The average molecular weight is 514 g/mol. The second-order valence-electron chi connectivity index (χ2n) is 10.7. The largest absolute Gasteiger partial charge is 0.390 e. The van der Waals surface area contributed by atoms with Gasteiger partial charge in [-0.3, -0.25) is 9.88 Å². The third-order valence-electron chi connectivity index (χ3n) is 7.81. The molecule has 0 unspecified atom stereocenters. The number of ether oxygens (including phenoxy) is 1. The average Bonchev–Trinajstić information content (AvgIpc) is 3.12. The first kappa shape index (κ1) is 25.0. The predicted molar refractivity (Wildman–Crippen MR) is 147 cm³/mol. The molecular weight excluding hydrogens is 478 g/mol. The number of nitriles is 1. The molecule has 0 bridgehead atoms. The molecule has 198 valence electrons. The van der Waals surface area contributed by atoms with Crippen molar-refractivity contribution in [2.75, 3.05) is 62.2 Å². The van der Waals surface area contributed by atoms with Crippen LogP contribution in [-0.2, 0) is 17.7 Å². The Kier molecular flexibility index (Phi) is 7.13. The van der Waals surface area contributed by atoms with Crippen LogP contribution in [-0.4, -0.2) is 90.6 Å². The zero-order valence-corrected chi connectivity index (χ0v) is 21.9. The molecule has 1 aromatic carbocycles. The fourth-order valence-electron chi connectivity index (χ4n) is 6.09. The fraction of sp³-hybridized carbons (Fsp3) is 0.483. The minimum Gasteiger partial charge on any atom is -0.390 e. The number of hydrogen-bond acceptors (Lipinski definition) is 9. The summed E-state index contributed by atoms with van der Waals surface area (Å²) in [4.78, 5) is 16.3. The summed E-state index contributed by atoms with van der Waals surface area (Å²) in [6.45, 7) is 9.09. The molecule has 3 aromatic rings. The maximum Gasteiger partial charge on any atom is 0.128 e. The zero-order valence-electron chi connectivity index (χ0n) is 21.9. The maximum atomic E-state index is 10.9. The van der Waals surface area contributed by atoms with Gasteiger partial charge in [-0.05, 0) is 42.8 Å². The Labute approximate surface area is 223 Å². The Bertz CT molecular complexity index is 1340. The molecule has 2 fully saturated rings. The lowest BCUT2D eigenvalue weighted by Crippen LogP contribution is -2.51. The minimum atomic E-state index is -0.456. The van der Waals surface area contributed by atoms with Crippen molar-refractivity contribution in [3.05, 3.63) is 59.4 Å². The lowest BCUT2D eigenvalue weighted by Gasteiger charge is -2.40. The van der Waals surface area contributed by atoms with Crippen molar-refractivity contribution < 1.29 is 9.84 Å². The number of β-amino-alcohol motifs (C(OH)–C–C–N with tert-alkyl or cyclic N) is 1. The number of aliphatic hydroxyl groups excluding tert-OH is 1. The van der Waals surface area contributed by atoms with Crippen LogP contribution in [0.4, 0.5) is 11.5 Å². The van der Waals surface area contributed by atoms with E-state index in [1.54, 1.807) is 6.20 Å². The Morgan fingerprint density at radius 3 is 2.92 bits per heavy atom. The normalized spacial score (nSPS) is 24.6. The van der Waals surface area contributed by atoms with Crippen LogP contribution in [0.2, 0.25) is 0 Å². The number of aromatic nitrogens is 2. The van der Waals surface area contributed by atoms with Crippen molar-refractivity contribution in [2.45, 2.75) is 38.2 Å². The highest BCUT2D eigenvalue weighted by atomic mass is 16.5. The minimum absolute atomic E-state index is 0.00855. The number of aliphatic hydroxyl groups is 1. The van der Waals surface area contributed by atoms with Gasteiger partial charge in [0.25, 0.3) is 0 Å². The van der Waals surface area contributed by atoms with E-state index in [1.165, 1.54) is 11.3 Å². The molecule has 6 rings (SSSR count). The smallest absolute Gasteiger partial charge is 0.128 e. The number of anilines is 2. The molecule has 3 atom stereocenters. The molecule has 0 aliphatic carbocycles. The van der Waals surface area contributed by atoms with Crippen LogP contribution < -0.4 is 15.1 Å². The molecule has 9 nitrogen and oxygen atoms in total. The predicted octanol–water partition coefficient (Wildman–Crippen LogP) is 1.92. The first-order valence-electron chi connectivity index (χ1n) is 13.6. The van der Waals surface area contributed by atoms with Crippen LogP contribution in [0.1, 0.15) is 23.7 Å². The van der Waals surface area contributed by atoms with Crippen molar-refractivity contribution >= 4 is 22.4 Å². The summed E-state index contributed by atoms with van der Waals surface area (Å²) in [6.07, 6.45) is 2.31. The second-order valence-corrected chi connectivity index (χ2v) is 10.7. The van der Waals surface area contributed by atoms with Gasteiger partial charge in [0.15, 0.2) is 0 Å². The molecule has 0 radical (unpaired) electrons. The van der Waals surface area contributed by atoms with Crippen LogP contribution in [0.25, 0.3) is 10.9 Å². The molecule has 3 aliphatic heterocycles. The van der Waals surface area contributed by atoms with Crippen LogP contribution in [0, 0.1) is 11.3 Å². The number of morpholine rings is 1. The molecule has 38 heavy (non-hydrogen) atoms.